The maximum Gasteiger partial charge on any atom is 0.254 e. The minimum Gasteiger partial charge on any atom is -0.310 e. The highest BCUT2D eigenvalue weighted by molar-refractivity contribution is 9.10. The predicted molar refractivity (Wildman–Crippen MR) is 90.8 cm³/mol. The fourth-order valence-corrected chi connectivity index (χ4v) is 3.38. The summed E-state index contributed by atoms with van der Waals surface area (Å²) in [5, 5.41) is 0. The number of aromatic amines is 1. The van der Waals surface area contributed by atoms with Crippen LogP contribution in [0.3, 0.4) is 0 Å². The molecule has 1 aliphatic heterocycles. The van der Waals surface area contributed by atoms with E-state index in [1.54, 1.807) is 0 Å². The average Bonchev–Trinajstić information content (AvgIpc) is 2.47. The van der Waals surface area contributed by atoms with Crippen LogP contribution in [0.15, 0.2) is 33.5 Å². The minimum absolute atomic E-state index is 0.0514. The van der Waals surface area contributed by atoms with Crippen LogP contribution < -0.4 is 5.56 Å². The molecule has 0 spiro atoms. The molecule has 1 N–H and O–H groups in total. The minimum atomic E-state index is 0.0514. The smallest absolute Gasteiger partial charge is 0.254 e. The van der Waals surface area contributed by atoms with Crippen LogP contribution in [0.25, 0.3) is 0 Å². The van der Waals surface area contributed by atoms with Gasteiger partial charge in [-0.1, -0.05) is 35.0 Å². The van der Waals surface area contributed by atoms with Gasteiger partial charge in [0.15, 0.2) is 0 Å². The molecule has 4 nitrogen and oxygen atoms in total. The number of fused-ring (bicyclic) bond motifs is 1. The zero-order valence-corrected chi connectivity index (χ0v) is 14.3. The molecule has 0 atom stereocenters. The fraction of sp³-hybridized carbons (Fsp3) is 0.412. The Kier molecular flexibility index (Phi) is 4.74. The first kappa shape index (κ1) is 15.4. The van der Waals surface area contributed by atoms with Gasteiger partial charge in [-0.05, 0) is 30.5 Å². The summed E-state index contributed by atoms with van der Waals surface area (Å²) in [4.78, 5) is 22.1. The van der Waals surface area contributed by atoms with Gasteiger partial charge in [0.2, 0.25) is 0 Å². The third kappa shape index (κ3) is 3.47. The number of hydrogen-bond acceptors (Lipinski definition) is 3. The maximum absolute atomic E-state index is 12.1. The van der Waals surface area contributed by atoms with Crippen LogP contribution in [0.1, 0.15) is 36.0 Å². The molecule has 0 fully saturated rings. The van der Waals surface area contributed by atoms with E-state index in [-0.39, 0.29) is 5.56 Å². The van der Waals surface area contributed by atoms with Crippen LogP contribution >= 0.6 is 15.9 Å². The Morgan fingerprint density at radius 3 is 3.05 bits per heavy atom. The van der Waals surface area contributed by atoms with Gasteiger partial charge in [-0.25, -0.2) is 4.98 Å². The first-order valence-electron chi connectivity index (χ1n) is 7.73. The second-order valence-corrected chi connectivity index (χ2v) is 6.69. The van der Waals surface area contributed by atoms with Crippen molar-refractivity contribution in [2.24, 2.45) is 0 Å². The van der Waals surface area contributed by atoms with Gasteiger partial charge in [-0.15, -0.1) is 0 Å². The molecule has 3 rings (SSSR count). The van der Waals surface area contributed by atoms with E-state index in [1.807, 2.05) is 6.07 Å². The second-order valence-electron chi connectivity index (χ2n) is 5.78. The number of rotatable bonds is 4. The van der Waals surface area contributed by atoms with E-state index in [9.17, 15) is 4.79 Å². The van der Waals surface area contributed by atoms with Gasteiger partial charge in [-0.3, -0.25) is 9.69 Å². The first-order valence-corrected chi connectivity index (χ1v) is 8.52. The van der Waals surface area contributed by atoms with Gasteiger partial charge in [0.25, 0.3) is 5.56 Å². The molecule has 0 saturated carbocycles. The summed E-state index contributed by atoms with van der Waals surface area (Å²) >= 11 is 3.51. The van der Waals surface area contributed by atoms with Crippen molar-refractivity contribution < 1.29 is 0 Å². The van der Waals surface area contributed by atoms with Crippen molar-refractivity contribution in [3.63, 3.8) is 0 Å². The highest BCUT2D eigenvalue weighted by Gasteiger charge is 2.21. The zero-order valence-electron chi connectivity index (χ0n) is 12.7. The van der Waals surface area contributed by atoms with Gasteiger partial charge in [0.1, 0.15) is 5.82 Å². The molecular formula is C17H20BrN3O. The molecule has 0 saturated heterocycles. The molecule has 116 valence electrons. The van der Waals surface area contributed by atoms with Crippen LogP contribution in [0, 0.1) is 0 Å². The summed E-state index contributed by atoms with van der Waals surface area (Å²) in [5.41, 5.74) is 3.14. The molecule has 5 heteroatoms. The lowest BCUT2D eigenvalue weighted by molar-refractivity contribution is 0.240. The molecule has 0 bridgehead atoms. The molecule has 0 radical (unpaired) electrons. The number of benzene rings is 1. The predicted octanol–water partition coefficient (Wildman–Crippen LogP) is 3.04. The molecule has 0 amide bonds. The molecular weight excluding hydrogens is 342 g/mol. The van der Waals surface area contributed by atoms with E-state index in [4.69, 9.17) is 0 Å². The van der Waals surface area contributed by atoms with Crippen molar-refractivity contribution in [1.82, 2.24) is 14.9 Å². The highest BCUT2D eigenvalue weighted by Crippen LogP contribution is 2.18. The second kappa shape index (κ2) is 6.75. The molecule has 1 aromatic heterocycles. The molecule has 0 unspecified atom stereocenters. The van der Waals surface area contributed by atoms with E-state index in [2.05, 4.69) is 55.9 Å². The Morgan fingerprint density at radius 1 is 1.41 bits per heavy atom. The van der Waals surface area contributed by atoms with Crippen LogP contribution in [0.5, 0.6) is 0 Å². The maximum atomic E-state index is 12.1. The number of aryl methyl sites for hydroxylation is 1. The summed E-state index contributed by atoms with van der Waals surface area (Å²) in [7, 11) is 0. The largest absolute Gasteiger partial charge is 0.310 e. The van der Waals surface area contributed by atoms with Gasteiger partial charge in [-0.2, -0.15) is 0 Å². The van der Waals surface area contributed by atoms with Crippen molar-refractivity contribution in [1.29, 1.82) is 0 Å². The summed E-state index contributed by atoms with van der Waals surface area (Å²) in [5.74, 6) is 0.815. The molecule has 1 aliphatic rings. The van der Waals surface area contributed by atoms with Gasteiger partial charge in [0, 0.05) is 36.1 Å². The summed E-state index contributed by atoms with van der Waals surface area (Å²) < 4.78 is 1.10. The number of halogens is 1. The van der Waals surface area contributed by atoms with Crippen LogP contribution in [0.2, 0.25) is 0 Å². The molecule has 2 heterocycles. The van der Waals surface area contributed by atoms with E-state index in [0.29, 0.717) is 0 Å². The van der Waals surface area contributed by atoms with Crippen molar-refractivity contribution in [3.8, 4) is 0 Å². The lowest BCUT2D eigenvalue weighted by Gasteiger charge is -2.27. The van der Waals surface area contributed by atoms with Crippen LogP contribution in [-0.2, 0) is 25.9 Å². The fourth-order valence-electron chi connectivity index (χ4n) is 2.93. The molecule has 2 aromatic rings. The van der Waals surface area contributed by atoms with E-state index >= 15 is 0 Å². The van der Waals surface area contributed by atoms with Crippen molar-refractivity contribution in [2.45, 2.75) is 39.3 Å². The van der Waals surface area contributed by atoms with Crippen molar-refractivity contribution >= 4 is 15.9 Å². The normalized spacial score (nSPS) is 14.8. The number of nitrogens with one attached hydrogen (secondary N) is 1. The Hall–Kier alpha value is -1.46. The number of H-pyrrole nitrogens is 1. The van der Waals surface area contributed by atoms with Gasteiger partial charge in [0.05, 0.1) is 5.69 Å². The van der Waals surface area contributed by atoms with Crippen molar-refractivity contribution in [2.75, 3.05) is 6.54 Å². The third-order valence-electron chi connectivity index (χ3n) is 3.98. The Labute approximate surface area is 138 Å². The van der Waals surface area contributed by atoms with Crippen LogP contribution in [0.4, 0.5) is 0 Å². The van der Waals surface area contributed by atoms with E-state index in [0.717, 1.165) is 60.5 Å². The van der Waals surface area contributed by atoms with Gasteiger partial charge >= 0.3 is 0 Å². The van der Waals surface area contributed by atoms with Crippen molar-refractivity contribution in [3.05, 3.63) is 61.7 Å². The molecule has 1 aromatic carbocycles. The third-order valence-corrected chi connectivity index (χ3v) is 4.48. The topological polar surface area (TPSA) is 49.0 Å². The van der Waals surface area contributed by atoms with Gasteiger partial charge < -0.3 is 4.98 Å². The average molecular weight is 362 g/mol. The number of nitrogens with zero attached hydrogens (tertiary/aromatic N) is 2. The summed E-state index contributed by atoms with van der Waals surface area (Å²) in [6, 6.07) is 8.37. The molecule has 0 aliphatic carbocycles. The molecule has 22 heavy (non-hydrogen) atoms. The van der Waals surface area contributed by atoms with E-state index in [1.165, 1.54) is 5.56 Å². The monoisotopic (exact) mass is 361 g/mol. The lowest BCUT2D eigenvalue weighted by Crippen LogP contribution is -2.35. The lowest BCUT2D eigenvalue weighted by atomic mass is 10.1. The van der Waals surface area contributed by atoms with Crippen LogP contribution in [-0.4, -0.2) is 21.4 Å². The summed E-state index contributed by atoms with van der Waals surface area (Å²) in [6.45, 7) is 4.63. The Morgan fingerprint density at radius 2 is 2.27 bits per heavy atom. The SMILES string of the molecule is CCCc1nc2c(c(=O)[nH]1)CCN(Cc1cccc(Br)c1)C2. The Balaban J connectivity index is 1.79. The first-order chi connectivity index (χ1) is 10.7. The number of hydrogen-bond donors (Lipinski definition) is 1. The number of aromatic nitrogens is 2. The zero-order chi connectivity index (χ0) is 15.5. The summed E-state index contributed by atoms with van der Waals surface area (Å²) in [6.07, 6.45) is 2.59. The van der Waals surface area contributed by atoms with E-state index < -0.39 is 0 Å². The highest BCUT2D eigenvalue weighted by atomic mass is 79.9. The quantitative estimate of drug-likeness (QED) is 0.910. The standard InChI is InChI=1S/C17H20BrN3O/c1-2-4-16-19-15-11-21(8-7-14(15)17(22)20-16)10-12-5-3-6-13(18)9-12/h3,5-6,9H,2,4,7-8,10-11H2,1H3,(H,19,20,22). The Bertz CT molecular complexity index is 726.